The monoisotopic (exact) mass is 298 g/mol. The van der Waals surface area contributed by atoms with E-state index in [4.69, 9.17) is 4.42 Å². The van der Waals surface area contributed by atoms with Crippen molar-refractivity contribution in [1.82, 2.24) is 10.2 Å². The van der Waals surface area contributed by atoms with Crippen LogP contribution in [0.5, 0.6) is 0 Å². The number of benzene rings is 1. The van der Waals surface area contributed by atoms with Crippen molar-refractivity contribution in [2.24, 2.45) is 0 Å². The van der Waals surface area contributed by atoms with Crippen molar-refractivity contribution in [3.05, 3.63) is 60.1 Å². The molecule has 2 atom stereocenters. The van der Waals surface area contributed by atoms with E-state index in [0.717, 1.165) is 25.1 Å². The number of nitrogens with zero attached hydrogens (tertiary/aromatic N) is 1. The summed E-state index contributed by atoms with van der Waals surface area (Å²) >= 11 is 0. The van der Waals surface area contributed by atoms with Crippen LogP contribution < -0.4 is 5.32 Å². The molecule has 1 aliphatic rings. The number of urea groups is 1. The van der Waals surface area contributed by atoms with Crippen molar-refractivity contribution in [1.29, 1.82) is 0 Å². The van der Waals surface area contributed by atoms with Gasteiger partial charge in [0.05, 0.1) is 12.3 Å². The van der Waals surface area contributed by atoms with Gasteiger partial charge in [0.1, 0.15) is 5.76 Å². The van der Waals surface area contributed by atoms with E-state index in [1.165, 1.54) is 5.56 Å². The number of likely N-dealkylation sites (tertiary alicyclic amines) is 1. The molecule has 22 heavy (non-hydrogen) atoms. The van der Waals surface area contributed by atoms with Crippen LogP contribution in [0.15, 0.2) is 53.1 Å². The van der Waals surface area contributed by atoms with E-state index in [1.54, 1.807) is 6.26 Å². The van der Waals surface area contributed by atoms with Gasteiger partial charge >= 0.3 is 6.03 Å². The molecule has 1 saturated heterocycles. The topological polar surface area (TPSA) is 45.5 Å². The van der Waals surface area contributed by atoms with Gasteiger partial charge in [0.15, 0.2) is 0 Å². The van der Waals surface area contributed by atoms with E-state index in [0.29, 0.717) is 6.42 Å². The zero-order valence-corrected chi connectivity index (χ0v) is 12.9. The first-order valence-electron chi connectivity index (χ1n) is 7.88. The predicted octanol–water partition coefficient (Wildman–Crippen LogP) is 3.76. The molecule has 2 aromatic rings. The number of hydrogen-bond acceptors (Lipinski definition) is 2. The molecule has 1 aliphatic heterocycles. The predicted molar refractivity (Wildman–Crippen MR) is 85.5 cm³/mol. The van der Waals surface area contributed by atoms with Crippen LogP contribution in [0.2, 0.25) is 0 Å². The van der Waals surface area contributed by atoms with E-state index >= 15 is 0 Å². The van der Waals surface area contributed by atoms with Gasteiger partial charge in [0.25, 0.3) is 0 Å². The summed E-state index contributed by atoms with van der Waals surface area (Å²) in [5.74, 6) is 0.897. The molecule has 4 heteroatoms. The van der Waals surface area contributed by atoms with Crippen molar-refractivity contribution in [3.8, 4) is 0 Å². The molecular weight excluding hydrogens is 276 g/mol. The van der Waals surface area contributed by atoms with Crippen molar-refractivity contribution >= 4 is 6.03 Å². The number of carbonyl (C=O) groups is 1. The fraction of sp³-hybridized carbons (Fsp3) is 0.389. The maximum Gasteiger partial charge on any atom is 0.318 e. The lowest BCUT2D eigenvalue weighted by Crippen LogP contribution is -2.44. The Labute approximate surface area is 131 Å². The number of nitrogens with one attached hydrogen (secondary N) is 1. The first-order chi connectivity index (χ1) is 10.7. The Morgan fingerprint density at radius 3 is 2.86 bits per heavy atom. The second-order valence-corrected chi connectivity index (χ2v) is 5.90. The van der Waals surface area contributed by atoms with Gasteiger partial charge in [-0.1, -0.05) is 30.3 Å². The maximum absolute atomic E-state index is 12.6. The van der Waals surface area contributed by atoms with Gasteiger partial charge in [-0.25, -0.2) is 4.79 Å². The molecule has 0 saturated carbocycles. The summed E-state index contributed by atoms with van der Waals surface area (Å²) in [6, 6.07) is 14.3. The van der Waals surface area contributed by atoms with Gasteiger partial charge in [-0.3, -0.25) is 0 Å². The minimum Gasteiger partial charge on any atom is -0.469 e. The molecule has 1 aromatic carbocycles. The number of amides is 2. The molecule has 0 radical (unpaired) electrons. The van der Waals surface area contributed by atoms with Gasteiger partial charge in [0.2, 0.25) is 0 Å². The Balaban J connectivity index is 1.61. The average molecular weight is 298 g/mol. The molecule has 2 amide bonds. The molecule has 4 nitrogen and oxygen atoms in total. The first-order valence-corrected chi connectivity index (χ1v) is 7.88. The van der Waals surface area contributed by atoms with Crippen molar-refractivity contribution < 1.29 is 9.21 Å². The van der Waals surface area contributed by atoms with E-state index in [9.17, 15) is 4.79 Å². The molecule has 116 valence electrons. The van der Waals surface area contributed by atoms with Gasteiger partial charge in [-0.05, 0) is 37.5 Å². The summed E-state index contributed by atoms with van der Waals surface area (Å²) in [5, 5.41) is 3.09. The minimum absolute atomic E-state index is 0.0189. The molecule has 0 bridgehead atoms. The summed E-state index contributed by atoms with van der Waals surface area (Å²) in [6.07, 6.45) is 4.46. The number of rotatable bonds is 4. The van der Waals surface area contributed by atoms with Gasteiger partial charge in [-0.15, -0.1) is 0 Å². The third kappa shape index (κ3) is 3.32. The zero-order chi connectivity index (χ0) is 15.4. The summed E-state index contributed by atoms with van der Waals surface area (Å²) in [5.41, 5.74) is 1.22. The second kappa shape index (κ2) is 6.69. The summed E-state index contributed by atoms with van der Waals surface area (Å²) in [6.45, 7) is 2.83. The standard InChI is InChI=1S/C18H22N2O2/c1-14(13-16-9-6-12-22-16)19-18(21)20-11-5-10-17(20)15-7-3-2-4-8-15/h2-4,6-9,12,14,17H,5,10-11,13H2,1H3,(H,19,21)/t14-,17+/m1/s1. The number of hydrogen-bond donors (Lipinski definition) is 1. The Morgan fingerprint density at radius 2 is 2.14 bits per heavy atom. The van der Waals surface area contributed by atoms with Crippen LogP contribution in [0.25, 0.3) is 0 Å². The first kappa shape index (κ1) is 14.7. The van der Waals surface area contributed by atoms with Crippen LogP contribution in [0.4, 0.5) is 4.79 Å². The van der Waals surface area contributed by atoms with Crippen LogP contribution in [0, 0.1) is 0 Å². The normalized spacial score (nSPS) is 19.1. The molecule has 1 aromatic heterocycles. The highest BCUT2D eigenvalue weighted by atomic mass is 16.3. The molecule has 3 rings (SSSR count). The Hall–Kier alpha value is -2.23. The van der Waals surface area contributed by atoms with Gasteiger partial charge in [-0.2, -0.15) is 0 Å². The number of furan rings is 1. The molecule has 2 heterocycles. The van der Waals surface area contributed by atoms with E-state index in [2.05, 4.69) is 17.4 Å². The quantitative estimate of drug-likeness (QED) is 0.934. The molecular formula is C18H22N2O2. The Bertz CT molecular complexity index is 595. The van der Waals surface area contributed by atoms with Crippen LogP contribution in [0.1, 0.15) is 37.1 Å². The summed E-state index contributed by atoms with van der Waals surface area (Å²) in [4.78, 5) is 14.5. The molecule has 0 unspecified atom stereocenters. The van der Waals surface area contributed by atoms with Crippen LogP contribution in [0.3, 0.4) is 0 Å². The molecule has 0 aliphatic carbocycles. The largest absolute Gasteiger partial charge is 0.469 e. The molecule has 1 N–H and O–H groups in total. The maximum atomic E-state index is 12.6. The van der Waals surface area contributed by atoms with Crippen molar-refractivity contribution in [3.63, 3.8) is 0 Å². The van der Waals surface area contributed by atoms with E-state index < -0.39 is 0 Å². The highest BCUT2D eigenvalue weighted by Gasteiger charge is 2.30. The SMILES string of the molecule is C[C@H](Cc1ccco1)NC(=O)N1CCC[C@H]1c1ccccc1. The van der Waals surface area contributed by atoms with Crippen LogP contribution >= 0.6 is 0 Å². The molecule has 0 spiro atoms. The highest BCUT2D eigenvalue weighted by Crippen LogP contribution is 2.31. The highest BCUT2D eigenvalue weighted by molar-refractivity contribution is 5.75. The zero-order valence-electron chi connectivity index (χ0n) is 12.9. The van der Waals surface area contributed by atoms with Crippen LogP contribution in [-0.4, -0.2) is 23.5 Å². The third-order valence-corrected chi connectivity index (χ3v) is 4.16. The van der Waals surface area contributed by atoms with Crippen LogP contribution in [-0.2, 0) is 6.42 Å². The fourth-order valence-electron chi connectivity index (χ4n) is 3.11. The average Bonchev–Trinajstić information content (AvgIpc) is 3.18. The number of carbonyl (C=O) groups excluding carboxylic acids is 1. The van der Waals surface area contributed by atoms with Gasteiger partial charge in [0, 0.05) is 19.0 Å². The summed E-state index contributed by atoms with van der Waals surface area (Å²) < 4.78 is 5.34. The van der Waals surface area contributed by atoms with Crippen molar-refractivity contribution in [2.75, 3.05) is 6.54 Å². The Kier molecular flexibility index (Phi) is 4.47. The lowest BCUT2D eigenvalue weighted by Gasteiger charge is -2.27. The second-order valence-electron chi connectivity index (χ2n) is 5.90. The fourth-order valence-corrected chi connectivity index (χ4v) is 3.11. The van der Waals surface area contributed by atoms with Crippen molar-refractivity contribution in [2.45, 2.75) is 38.3 Å². The third-order valence-electron chi connectivity index (χ3n) is 4.16. The summed E-state index contributed by atoms with van der Waals surface area (Å²) in [7, 11) is 0. The molecule has 1 fully saturated rings. The van der Waals surface area contributed by atoms with E-state index in [1.807, 2.05) is 42.2 Å². The Morgan fingerprint density at radius 1 is 1.32 bits per heavy atom. The lowest BCUT2D eigenvalue weighted by atomic mass is 10.1. The lowest BCUT2D eigenvalue weighted by molar-refractivity contribution is 0.189. The van der Waals surface area contributed by atoms with E-state index in [-0.39, 0.29) is 18.1 Å². The van der Waals surface area contributed by atoms with Gasteiger partial charge < -0.3 is 14.6 Å². The smallest absolute Gasteiger partial charge is 0.318 e. The minimum atomic E-state index is 0.0189.